The number of thioether (sulfide) groups is 1. The first-order chi connectivity index (χ1) is 12.9. The summed E-state index contributed by atoms with van der Waals surface area (Å²) < 4.78 is 0. The number of hydrogen-bond acceptors (Lipinski definition) is 9. The molecule has 2 aliphatic heterocycles. The molecule has 12 heteroatoms. The molecule has 2 amide bonds. The summed E-state index contributed by atoms with van der Waals surface area (Å²) in [6.07, 6.45) is 0.540. The largest absolute Gasteiger partial charge is 0.477 e. The molecule has 2 atom stereocenters. The maximum atomic E-state index is 12.6. The number of nitrogens with two attached hydrogens (primary N) is 1. The molecule has 3 rings (SSSR count). The van der Waals surface area contributed by atoms with E-state index in [-0.39, 0.29) is 22.2 Å². The van der Waals surface area contributed by atoms with Gasteiger partial charge in [0.05, 0.1) is 0 Å². The van der Waals surface area contributed by atoms with Gasteiger partial charge >= 0.3 is 5.97 Å². The molecule has 144 valence electrons. The molecule has 0 aliphatic carbocycles. The minimum atomic E-state index is -1.14. The highest BCUT2D eigenvalue weighted by molar-refractivity contribution is 8.00. The second-order valence-electron chi connectivity index (χ2n) is 5.67. The number of β-lactam (4-membered cyclic amide) rings is 1. The number of fused-ring (bicyclic) bond motifs is 1. The van der Waals surface area contributed by atoms with Crippen molar-refractivity contribution in [3.8, 4) is 0 Å². The molecule has 0 saturated carbocycles. The van der Waals surface area contributed by atoms with E-state index in [1.165, 1.54) is 23.8 Å². The predicted octanol–water partition coefficient (Wildman–Crippen LogP) is 0.224. The van der Waals surface area contributed by atoms with E-state index in [1.807, 2.05) is 6.92 Å². The number of aromatic nitrogens is 1. The molecule has 3 heterocycles. The van der Waals surface area contributed by atoms with Gasteiger partial charge in [-0.05, 0) is 12.0 Å². The third kappa shape index (κ3) is 3.37. The second kappa shape index (κ2) is 7.56. The Bertz CT molecular complexity index is 865. The van der Waals surface area contributed by atoms with Crippen LogP contribution in [0.5, 0.6) is 0 Å². The van der Waals surface area contributed by atoms with E-state index in [4.69, 9.17) is 10.6 Å². The van der Waals surface area contributed by atoms with Crippen LogP contribution in [0.2, 0.25) is 0 Å². The lowest BCUT2D eigenvalue weighted by Crippen LogP contribution is -2.71. The Morgan fingerprint density at radius 1 is 1.56 bits per heavy atom. The first kappa shape index (κ1) is 19.2. The van der Waals surface area contributed by atoms with Gasteiger partial charge in [0.2, 0.25) is 0 Å². The molecule has 2 aliphatic rings. The SMILES string of the molecule is CCC1=C(C(=O)O)N2C(=O)C(NC(=O)/C(=N\OC)c3csc(N)n3)C2SC1. The lowest BCUT2D eigenvalue weighted by atomic mass is 10.0. The summed E-state index contributed by atoms with van der Waals surface area (Å²) in [5.74, 6) is -1.78. The first-order valence-corrected chi connectivity index (χ1v) is 9.85. The fraction of sp³-hybridized carbons (Fsp3) is 0.400. The number of carbonyl (C=O) groups is 3. The zero-order valence-corrected chi connectivity index (χ0v) is 16.1. The number of carboxylic acids is 1. The highest BCUT2D eigenvalue weighted by atomic mass is 32.2. The van der Waals surface area contributed by atoms with E-state index < -0.39 is 29.2 Å². The van der Waals surface area contributed by atoms with Crippen LogP contribution in [0.4, 0.5) is 5.13 Å². The highest BCUT2D eigenvalue weighted by Crippen LogP contribution is 2.41. The van der Waals surface area contributed by atoms with Gasteiger partial charge in [-0.15, -0.1) is 23.1 Å². The number of anilines is 1. The molecule has 0 aromatic carbocycles. The van der Waals surface area contributed by atoms with Crippen molar-refractivity contribution in [2.45, 2.75) is 24.8 Å². The predicted molar refractivity (Wildman–Crippen MR) is 100 cm³/mol. The van der Waals surface area contributed by atoms with Crippen molar-refractivity contribution in [3.63, 3.8) is 0 Å². The van der Waals surface area contributed by atoms with E-state index in [2.05, 4.69) is 15.5 Å². The molecular weight excluding hydrogens is 394 g/mol. The molecule has 0 radical (unpaired) electrons. The van der Waals surface area contributed by atoms with Crippen LogP contribution < -0.4 is 11.1 Å². The van der Waals surface area contributed by atoms with Gasteiger partial charge in [-0.1, -0.05) is 12.1 Å². The minimum absolute atomic E-state index is 0.00908. The number of nitrogen functional groups attached to an aromatic ring is 1. The van der Waals surface area contributed by atoms with Crippen molar-refractivity contribution in [2.75, 3.05) is 18.6 Å². The number of oxime groups is 1. The van der Waals surface area contributed by atoms with Gasteiger partial charge in [-0.2, -0.15) is 0 Å². The molecular formula is C15H17N5O5S2. The van der Waals surface area contributed by atoms with Crippen LogP contribution in [-0.4, -0.2) is 62.8 Å². The van der Waals surface area contributed by atoms with Gasteiger partial charge in [0, 0.05) is 11.1 Å². The van der Waals surface area contributed by atoms with Crippen molar-refractivity contribution in [1.82, 2.24) is 15.2 Å². The number of nitrogens with zero attached hydrogens (tertiary/aromatic N) is 3. The zero-order chi connectivity index (χ0) is 19.7. The van der Waals surface area contributed by atoms with Crippen molar-refractivity contribution in [3.05, 3.63) is 22.3 Å². The monoisotopic (exact) mass is 411 g/mol. The fourth-order valence-corrected chi connectivity index (χ4v) is 4.85. The van der Waals surface area contributed by atoms with Gasteiger partial charge in [0.15, 0.2) is 10.8 Å². The Kier molecular flexibility index (Phi) is 5.37. The van der Waals surface area contributed by atoms with Crippen LogP contribution in [0.25, 0.3) is 0 Å². The fourth-order valence-electron chi connectivity index (χ4n) is 2.86. The van der Waals surface area contributed by atoms with Crippen molar-refractivity contribution >= 4 is 51.7 Å². The molecule has 1 aromatic rings. The number of amides is 2. The van der Waals surface area contributed by atoms with Crippen LogP contribution in [0.1, 0.15) is 19.0 Å². The summed E-state index contributed by atoms with van der Waals surface area (Å²) in [6, 6.07) is -0.853. The molecule has 27 heavy (non-hydrogen) atoms. The van der Waals surface area contributed by atoms with Gasteiger partial charge in [0.25, 0.3) is 11.8 Å². The molecule has 2 unspecified atom stereocenters. The lowest BCUT2D eigenvalue weighted by Gasteiger charge is -2.49. The quantitative estimate of drug-likeness (QED) is 0.342. The standard InChI is InChI=1S/C15H17N5O5S2/c1-3-6-4-26-13-9(12(22)20(13)10(6)14(23)24)18-11(21)8(19-25-2)7-5-27-15(16)17-7/h5,9,13H,3-4H2,1-2H3,(H2,16,17)(H,18,21)(H,23,24)/b19-8-. The smallest absolute Gasteiger partial charge is 0.352 e. The molecule has 4 N–H and O–H groups in total. The molecule has 1 fully saturated rings. The average Bonchev–Trinajstić information content (AvgIpc) is 3.08. The van der Waals surface area contributed by atoms with Crippen LogP contribution in [0.15, 0.2) is 21.8 Å². The normalized spacial score (nSPS) is 22.2. The average molecular weight is 411 g/mol. The zero-order valence-electron chi connectivity index (χ0n) is 14.5. The summed E-state index contributed by atoms with van der Waals surface area (Å²) >= 11 is 2.55. The van der Waals surface area contributed by atoms with E-state index in [1.54, 1.807) is 5.38 Å². The maximum absolute atomic E-state index is 12.6. The van der Waals surface area contributed by atoms with E-state index in [9.17, 15) is 19.5 Å². The Morgan fingerprint density at radius 3 is 2.85 bits per heavy atom. The highest BCUT2D eigenvalue weighted by Gasteiger charge is 2.54. The van der Waals surface area contributed by atoms with Crippen LogP contribution in [0.3, 0.4) is 0 Å². The first-order valence-electron chi connectivity index (χ1n) is 7.92. The van der Waals surface area contributed by atoms with Crippen molar-refractivity contribution < 1.29 is 24.3 Å². The maximum Gasteiger partial charge on any atom is 0.352 e. The number of aliphatic carboxylic acids is 1. The molecule has 1 saturated heterocycles. The number of hydrogen-bond donors (Lipinski definition) is 3. The summed E-state index contributed by atoms with van der Waals surface area (Å²) in [5.41, 5.74) is 6.41. The summed E-state index contributed by atoms with van der Waals surface area (Å²) in [5, 5.41) is 17.1. The third-order valence-corrected chi connectivity index (χ3v) is 6.14. The molecule has 10 nitrogen and oxygen atoms in total. The summed E-state index contributed by atoms with van der Waals surface area (Å²) in [6.45, 7) is 1.84. The number of nitrogens with one attached hydrogen (secondary N) is 1. The van der Waals surface area contributed by atoms with Gasteiger partial charge < -0.3 is 21.0 Å². The van der Waals surface area contributed by atoms with Crippen LogP contribution in [-0.2, 0) is 19.2 Å². The second-order valence-corrected chi connectivity index (χ2v) is 7.66. The summed E-state index contributed by atoms with van der Waals surface area (Å²) in [7, 11) is 1.28. The number of thiazole rings is 1. The third-order valence-electron chi connectivity index (χ3n) is 4.13. The van der Waals surface area contributed by atoms with Gasteiger partial charge in [0.1, 0.15) is 29.9 Å². The molecule has 1 aromatic heterocycles. The summed E-state index contributed by atoms with van der Waals surface area (Å²) in [4.78, 5) is 46.6. The number of carbonyl (C=O) groups excluding carboxylic acids is 2. The van der Waals surface area contributed by atoms with Crippen LogP contribution >= 0.6 is 23.1 Å². The van der Waals surface area contributed by atoms with E-state index in [0.717, 1.165) is 11.3 Å². The Morgan fingerprint density at radius 2 is 2.30 bits per heavy atom. The van der Waals surface area contributed by atoms with Crippen LogP contribution in [0, 0.1) is 0 Å². The van der Waals surface area contributed by atoms with Crippen molar-refractivity contribution in [2.24, 2.45) is 5.16 Å². The Balaban J connectivity index is 1.79. The van der Waals surface area contributed by atoms with Gasteiger partial charge in [-0.25, -0.2) is 9.78 Å². The number of carboxylic acid groups (broad SMARTS) is 1. The topological polar surface area (TPSA) is 147 Å². The minimum Gasteiger partial charge on any atom is -0.477 e. The van der Waals surface area contributed by atoms with E-state index in [0.29, 0.717) is 17.7 Å². The number of rotatable bonds is 6. The molecule has 0 bridgehead atoms. The van der Waals surface area contributed by atoms with Gasteiger partial charge in [-0.3, -0.25) is 14.5 Å². The van der Waals surface area contributed by atoms with Crippen molar-refractivity contribution in [1.29, 1.82) is 0 Å². The van der Waals surface area contributed by atoms with E-state index >= 15 is 0 Å². The Hall–Kier alpha value is -2.60. The lowest BCUT2D eigenvalue weighted by molar-refractivity contribution is -0.150. The Labute approximate surface area is 162 Å². The molecule has 0 spiro atoms.